The van der Waals surface area contributed by atoms with Crippen LogP contribution in [-0.2, 0) is 5.75 Å². The maximum absolute atomic E-state index is 4.99. The van der Waals surface area contributed by atoms with Gasteiger partial charge in [-0.05, 0) is 81.9 Å². The molecule has 3 heteroatoms. The van der Waals surface area contributed by atoms with Crippen molar-refractivity contribution in [2.75, 3.05) is 6.54 Å². The van der Waals surface area contributed by atoms with Gasteiger partial charge in [-0.3, -0.25) is 4.99 Å². The van der Waals surface area contributed by atoms with E-state index >= 15 is 0 Å². The Kier molecular flexibility index (Phi) is 18.1. The molecular formula is C32H46N2S. The molecule has 0 unspecified atom stereocenters. The fraction of sp³-hybridized carbons (Fsp3) is 0.406. The number of benzene rings is 1. The van der Waals surface area contributed by atoms with E-state index in [1.54, 1.807) is 0 Å². The average molecular weight is 491 g/mol. The van der Waals surface area contributed by atoms with Crippen LogP contribution in [0.2, 0.25) is 0 Å². The standard InChI is InChI=1S/C22H30N2S.C8H10.C2H6/c1-7-9-10-11-19(8-2)21-13-23-22(24-21)25-14-20-17(5)15(3)12-16(4)18(20)6;1-3-5-7-8-6-4-2;1-2/h7-12,21H,13-14H2,1-6H3,(H,23,24);1,4,6-8H,5H2,2H3;1-2H3/b9-7-,11-10-,19-8+;6-4-,8-7-;/t21-;;/m0../s1. The number of allylic oxidation sites excluding steroid dienone is 8. The molecular weight excluding hydrogens is 444 g/mol. The number of rotatable bonds is 7. The molecule has 1 aliphatic heterocycles. The lowest BCUT2D eigenvalue weighted by atomic mass is 9.95. The second-order valence-electron chi connectivity index (χ2n) is 7.91. The van der Waals surface area contributed by atoms with E-state index in [4.69, 9.17) is 11.4 Å². The molecule has 0 bridgehead atoms. The van der Waals surface area contributed by atoms with Gasteiger partial charge in [-0.2, -0.15) is 0 Å². The normalized spacial score (nSPS) is 15.6. The minimum absolute atomic E-state index is 0.287. The molecule has 1 aliphatic rings. The first-order chi connectivity index (χ1) is 16.9. The van der Waals surface area contributed by atoms with Crippen LogP contribution in [0.3, 0.4) is 0 Å². The van der Waals surface area contributed by atoms with Gasteiger partial charge in [-0.25, -0.2) is 0 Å². The summed E-state index contributed by atoms with van der Waals surface area (Å²) in [6.45, 7) is 19.8. The van der Waals surface area contributed by atoms with Crippen molar-refractivity contribution in [2.24, 2.45) is 4.99 Å². The number of hydrogen-bond acceptors (Lipinski definition) is 3. The van der Waals surface area contributed by atoms with Gasteiger partial charge in [-0.1, -0.05) is 86.4 Å². The molecule has 0 saturated carbocycles. The summed E-state index contributed by atoms with van der Waals surface area (Å²) < 4.78 is 0. The quantitative estimate of drug-likeness (QED) is 0.305. The molecule has 1 atom stereocenters. The van der Waals surface area contributed by atoms with E-state index in [-0.39, 0.29) is 6.04 Å². The number of hydrogen-bond donors (Lipinski definition) is 1. The number of thioether (sulfide) groups is 1. The highest BCUT2D eigenvalue weighted by Crippen LogP contribution is 2.27. The van der Waals surface area contributed by atoms with Gasteiger partial charge in [0.2, 0.25) is 0 Å². The molecule has 0 spiro atoms. The Labute approximate surface area is 220 Å². The van der Waals surface area contributed by atoms with Crippen LogP contribution in [-0.4, -0.2) is 17.8 Å². The van der Waals surface area contributed by atoms with Crippen molar-refractivity contribution in [2.45, 2.75) is 80.5 Å². The van der Waals surface area contributed by atoms with E-state index in [0.717, 1.165) is 23.9 Å². The number of terminal acetylenes is 1. The van der Waals surface area contributed by atoms with E-state index in [2.05, 4.69) is 76.2 Å². The summed E-state index contributed by atoms with van der Waals surface area (Å²) in [5.74, 6) is 3.48. The number of nitrogens with zero attached hydrogens (tertiary/aromatic N) is 1. The summed E-state index contributed by atoms with van der Waals surface area (Å²) in [6.07, 6.45) is 24.0. The van der Waals surface area contributed by atoms with Gasteiger partial charge < -0.3 is 5.32 Å². The first-order valence-corrected chi connectivity index (χ1v) is 13.5. The second-order valence-corrected chi connectivity index (χ2v) is 8.87. The first-order valence-electron chi connectivity index (χ1n) is 12.6. The minimum atomic E-state index is 0.287. The molecule has 1 aromatic carbocycles. The van der Waals surface area contributed by atoms with Crippen molar-refractivity contribution < 1.29 is 0 Å². The van der Waals surface area contributed by atoms with Gasteiger partial charge in [0, 0.05) is 12.2 Å². The minimum Gasteiger partial charge on any atom is -0.356 e. The Morgan fingerprint density at radius 3 is 2.17 bits per heavy atom. The van der Waals surface area contributed by atoms with E-state index in [1.165, 1.54) is 33.4 Å². The zero-order valence-corrected chi connectivity index (χ0v) is 24.2. The fourth-order valence-corrected chi connectivity index (χ4v) is 4.47. The van der Waals surface area contributed by atoms with Gasteiger partial charge in [0.1, 0.15) is 0 Å². The van der Waals surface area contributed by atoms with Gasteiger partial charge in [0.25, 0.3) is 0 Å². The van der Waals surface area contributed by atoms with Crippen molar-refractivity contribution in [3.8, 4) is 12.3 Å². The fourth-order valence-electron chi connectivity index (χ4n) is 3.36. The Morgan fingerprint density at radius 1 is 1.03 bits per heavy atom. The zero-order chi connectivity index (χ0) is 26.6. The van der Waals surface area contributed by atoms with Crippen molar-refractivity contribution >= 4 is 16.9 Å². The molecule has 0 aliphatic carbocycles. The Bertz CT molecular complexity index is 956. The smallest absolute Gasteiger partial charge is 0.157 e. The molecule has 1 N–H and O–H groups in total. The molecule has 0 radical (unpaired) electrons. The summed E-state index contributed by atoms with van der Waals surface area (Å²) in [5.41, 5.74) is 8.32. The van der Waals surface area contributed by atoms with E-state index in [0.29, 0.717) is 0 Å². The molecule has 2 rings (SSSR count). The first kappa shape index (κ1) is 32.3. The molecule has 0 aromatic heterocycles. The van der Waals surface area contributed by atoms with E-state index < -0.39 is 0 Å². The molecule has 190 valence electrons. The molecule has 1 aromatic rings. The largest absolute Gasteiger partial charge is 0.356 e. The van der Waals surface area contributed by atoms with Gasteiger partial charge in [0.15, 0.2) is 5.17 Å². The van der Waals surface area contributed by atoms with Crippen LogP contribution in [0.4, 0.5) is 0 Å². The van der Waals surface area contributed by atoms with Crippen molar-refractivity contribution in [1.29, 1.82) is 0 Å². The van der Waals surface area contributed by atoms with Crippen molar-refractivity contribution in [3.63, 3.8) is 0 Å². The summed E-state index contributed by atoms with van der Waals surface area (Å²) in [7, 11) is 0. The lowest BCUT2D eigenvalue weighted by molar-refractivity contribution is 0.769. The topological polar surface area (TPSA) is 24.4 Å². The maximum atomic E-state index is 4.99. The van der Waals surface area contributed by atoms with Gasteiger partial charge in [-0.15, -0.1) is 12.3 Å². The molecule has 2 nitrogen and oxygen atoms in total. The van der Waals surface area contributed by atoms with Crippen LogP contribution < -0.4 is 5.32 Å². The molecule has 35 heavy (non-hydrogen) atoms. The van der Waals surface area contributed by atoms with Crippen molar-refractivity contribution in [1.82, 2.24) is 5.32 Å². The summed E-state index contributed by atoms with van der Waals surface area (Å²) in [6, 6.07) is 2.57. The third-order valence-corrected chi connectivity index (χ3v) is 6.55. The summed E-state index contributed by atoms with van der Waals surface area (Å²) in [4.78, 5) is 4.71. The number of aryl methyl sites for hydroxylation is 2. The third kappa shape index (κ3) is 12.0. The van der Waals surface area contributed by atoms with E-state index in [1.807, 2.05) is 69.8 Å². The molecule has 0 saturated heterocycles. The maximum Gasteiger partial charge on any atom is 0.157 e. The average Bonchev–Trinajstić information content (AvgIpc) is 3.34. The van der Waals surface area contributed by atoms with Crippen LogP contribution in [0.1, 0.15) is 68.9 Å². The lowest BCUT2D eigenvalue weighted by Crippen LogP contribution is -2.30. The zero-order valence-electron chi connectivity index (χ0n) is 23.4. The second kappa shape index (κ2) is 19.6. The summed E-state index contributed by atoms with van der Waals surface area (Å²) in [5, 5.41) is 4.63. The van der Waals surface area contributed by atoms with Crippen LogP contribution >= 0.6 is 11.8 Å². The Balaban J connectivity index is 0.000000982. The highest BCUT2D eigenvalue weighted by atomic mass is 32.2. The van der Waals surface area contributed by atoms with Crippen LogP contribution in [0.15, 0.2) is 71.3 Å². The highest BCUT2D eigenvalue weighted by molar-refractivity contribution is 8.13. The monoisotopic (exact) mass is 490 g/mol. The predicted molar refractivity (Wildman–Crippen MR) is 162 cm³/mol. The highest BCUT2D eigenvalue weighted by Gasteiger charge is 2.20. The number of amidine groups is 1. The predicted octanol–water partition coefficient (Wildman–Crippen LogP) is 8.73. The number of nitrogens with one attached hydrogen (secondary N) is 1. The molecule has 0 amide bonds. The lowest BCUT2D eigenvalue weighted by Gasteiger charge is -2.16. The van der Waals surface area contributed by atoms with E-state index in [9.17, 15) is 0 Å². The van der Waals surface area contributed by atoms with Gasteiger partial charge in [0.05, 0.1) is 12.6 Å². The third-order valence-electron chi connectivity index (χ3n) is 5.59. The Morgan fingerprint density at radius 2 is 1.63 bits per heavy atom. The van der Waals surface area contributed by atoms with Crippen LogP contribution in [0.5, 0.6) is 0 Å². The molecule has 0 fully saturated rings. The summed E-state index contributed by atoms with van der Waals surface area (Å²) >= 11 is 1.82. The van der Waals surface area contributed by atoms with Crippen LogP contribution in [0, 0.1) is 40.0 Å². The molecule has 1 heterocycles. The Hall–Kier alpha value is -2.70. The van der Waals surface area contributed by atoms with Crippen molar-refractivity contribution in [3.05, 3.63) is 94.1 Å². The SMILES string of the molecule is C#CC/C=C\C=C/C.CC.C\C=C/C=C\C(=C/C)[C@@H]1CN=C(SCc2c(C)c(C)cc(C)c2C)N1. The van der Waals surface area contributed by atoms with Crippen LogP contribution in [0.25, 0.3) is 0 Å². The van der Waals surface area contributed by atoms with Gasteiger partial charge >= 0.3 is 0 Å². The number of aliphatic imine (C=N–C) groups is 1.